The molecule has 0 saturated heterocycles. The number of amides is 3. The summed E-state index contributed by atoms with van der Waals surface area (Å²) in [5.41, 5.74) is 1.60. The molecule has 1 fully saturated rings. The van der Waals surface area contributed by atoms with Gasteiger partial charge in [0.2, 0.25) is 5.91 Å². The number of hydrogen-bond acceptors (Lipinski definition) is 5. The van der Waals surface area contributed by atoms with Crippen molar-refractivity contribution in [1.82, 2.24) is 25.9 Å². The first-order valence-electron chi connectivity index (χ1n) is 10.6. The van der Waals surface area contributed by atoms with Crippen molar-refractivity contribution in [2.45, 2.75) is 37.8 Å². The molecule has 5 N–H and O–H groups in total. The Kier molecular flexibility index (Phi) is 8.02. The molecule has 3 rings (SSSR count). The number of hydrogen-bond donors (Lipinski definition) is 5. The molecule has 1 saturated carbocycles. The molecule has 4 atom stereocenters. The molecule has 3 amide bonds. The SMILES string of the molecule is CCCNC(=O)N[C@@H]1C[C@H](C(=O)NCCOC)[C@@H](O)[C@H]1c1cnc(-c2ccccc2)[nH]1. The maximum atomic E-state index is 12.7. The first kappa shape index (κ1) is 22.8. The molecular weight excluding hydrogens is 398 g/mol. The van der Waals surface area contributed by atoms with Crippen molar-refractivity contribution in [2.24, 2.45) is 5.92 Å². The van der Waals surface area contributed by atoms with E-state index < -0.39 is 24.0 Å². The molecule has 31 heavy (non-hydrogen) atoms. The number of aliphatic hydroxyl groups is 1. The van der Waals surface area contributed by atoms with E-state index in [0.29, 0.717) is 37.6 Å². The van der Waals surface area contributed by atoms with E-state index in [0.717, 1.165) is 12.0 Å². The summed E-state index contributed by atoms with van der Waals surface area (Å²) in [5, 5.41) is 19.6. The van der Waals surface area contributed by atoms with Crippen molar-refractivity contribution in [3.63, 3.8) is 0 Å². The maximum Gasteiger partial charge on any atom is 0.315 e. The molecule has 9 nitrogen and oxygen atoms in total. The average Bonchev–Trinajstić information content (AvgIpc) is 3.37. The van der Waals surface area contributed by atoms with E-state index in [2.05, 4.69) is 25.9 Å². The molecule has 0 unspecified atom stereocenters. The number of nitrogens with one attached hydrogen (secondary N) is 4. The highest BCUT2D eigenvalue weighted by molar-refractivity contribution is 5.80. The summed E-state index contributed by atoms with van der Waals surface area (Å²) >= 11 is 0. The number of aromatic amines is 1. The second kappa shape index (κ2) is 10.9. The quantitative estimate of drug-likeness (QED) is 0.385. The van der Waals surface area contributed by atoms with Gasteiger partial charge >= 0.3 is 6.03 Å². The Bertz CT molecular complexity index is 857. The minimum atomic E-state index is -0.969. The lowest BCUT2D eigenvalue weighted by Gasteiger charge is -2.22. The van der Waals surface area contributed by atoms with Gasteiger partial charge in [-0.3, -0.25) is 4.79 Å². The molecule has 9 heteroatoms. The van der Waals surface area contributed by atoms with Crippen molar-refractivity contribution in [3.05, 3.63) is 42.2 Å². The van der Waals surface area contributed by atoms with Crippen LogP contribution in [0.25, 0.3) is 11.4 Å². The highest BCUT2D eigenvalue weighted by atomic mass is 16.5. The number of methoxy groups -OCH3 is 1. The Morgan fingerprint density at radius 2 is 2.00 bits per heavy atom. The van der Waals surface area contributed by atoms with Crippen LogP contribution in [0.5, 0.6) is 0 Å². The number of carbonyl (C=O) groups excluding carboxylic acids is 2. The van der Waals surface area contributed by atoms with Crippen molar-refractivity contribution in [1.29, 1.82) is 0 Å². The molecule has 1 aliphatic rings. The first-order valence-corrected chi connectivity index (χ1v) is 10.6. The molecule has 0 spiro atoms. The molecule has 1 aliphatic carbocycles. The molecule has 1 aromatic carbocycles. The van der Waals surface area contributed by atoms with Crippen LogP contribution in [0.1, 0.15) is 31.4 Å². The Hall–Kier alpha value is -2.91. The lowest BCUT2D eigenvalue weighted by molar-refractivity contribution is -0.127. The van der Waals surface area contributed by atoms with Crippen LogP contribution in [-0.2, 0) is 9.53 Å². The summed E-state index contributed by atoms with van der Waals surface area (Å²) in [6.45, 7) is 3.27. The molecule has 1 heterocycles. The molecule has 2 aromatic rings. The lowest BCUT2D eigenvalue weighted by atomic mass is 9.96. The molecule has 0 bridgehead atoms. The smallest absolute Gasteiger partial charge is 0.315 e. The minimum Gasteiger partial charge on any atom is -0.392 e. The summed E-state index contributed by atoms with van der Waals surface area (Å²) in [5.74, 6) is -0.724. The van der Waals surface area contributed by atoms with Crippen molar-refractivity contribution in [2.75, 3.05) is 26.8 Å². The normalized spacial score (nSPS) is 22.8. The van der Waals surface area contributed by atoms with Gasteiger partial charge in [0.05, 0.1) is 18.6 Å². The summed E-state index contributed by atoms with van der Waals surface area (Å²) < 4.78 is 4.97. The third kappa shape index (κ3) is 5.62. The number of ether oxygens (including phenoxy) is 1. The third-order valence-corrected chi connectivity index (χ3v) is 5.52. The van der Waals surface area contributed by atoms with Gasteiger partial charge < -0.3 is 30.8 Å². The van der Waals surface area contributed by atoms with Gasteiger partial charge in [-0.15, -0.1) is 0 Å². The van der Waals surface area contributed by atoms with Crippen LogP contribution in [0.3, 0.4) is 0 Å². The first-order chi connectivity index (χ1) is 15.0. The van der Waals surface area contributed by atoms with Gasteiger partial charge in [-0.05, 0) is 12.8 Å². The number of H-pyrrole nitrogens is 1. The predicted molar refractivity (Wildman–Crippen MR) is 116 cm³/mol. The van der Waals surface area contributed by atoms with Crippen LogP contribution in [0, 0.1) is 5.92 Å². The zero-order chi connectivity index (χ0) is 22.2. The highest BCUT2D eigenvalue weighted by Gasteiger charge is 2.47. The Balaban J connectivity index is 1.80. The van der Waals surface area contributed by atoms with Crippen LogP contribution in [0.2, 0.25) is 0 Å². The average molecular weight is 430 g/mol. The van der Waals surface area contributed by atoms with E-state index in [1.54, 1.807) is 13.3 Å². The van der Waals surface area contributed by atoms with E-state index in [9.17, 15) is 14.7 Å². The number of rotatable bonds is 9. The topological polar surface area (TPSA) is 128 Å². The van der Waals surface area contributed by atoms with Crippen LogP contribution >= 0.6 is 0 Å². The Morgan fingerprint density at radius 3 is 2.71 bits per heavy atom. The van der Waals surface area contributed by atoms with Crippen molar-refractivity contribution in [3.8, 4) is 11.4 Å². The van der Waals surface area contributed by atoms with Crippen LogP contribution in [-0.4, -0.2) is 66.0 Å². The predicted octanol–water partition coefficient (Wildman–Crippen LogP) is 1.38. The number of urea groups is 1. The van der Waals surface area contributed by atoms with E-state index in [1.807, 2.05) is 37.3 Å². The van der Waals surface area contributed by atoms with Crippen LogP contribution in [0.4, 0.5) is 4.79 Å². The van der Waals surface area contributed by atoms with Gasteiger partial charge in [-0.2, -0.15) is 0 Å². The third-order valence-electron chi connectivity index (χ3n) is 5.52. The van der Waals surface area contributed by atoms with Crippen LogP contribution in [0.15, 0.2) is 36.5 Å². The monoisotopic (exact) mass is 429 g/mol. The van der Waals surface area contributed by atoms with Gasteiger partial charge in [0.15, 0.2) is 0 Å². The largest absolute Gasteiger partial charge is 0.392 e. The Morgan fingerprint density at radius 1 is 1.23 bits per heavy atom. The fourth-order valence-corrected chi connectivity index (χ4v) is 3.97. The second-order valence-corrected chi connectivity index (χ2v) is 7.70. The fraction of sp³-hybridized carbons (Fsp3) is 0.500. The molecule has 168 valence electrons. The van der Waals surface area contributed by atoms with E-state index in [4.69, 9.17) is 4.74 Å². The fourth-order valence-electron chi connectivity index (χ4n) is 3.97. The van der Waals surface area contributed by atoms with Crippen molar-refractivity contribution >= 4 is 11.9 Å². The van der Waals surface area contributed by atoms with Gasteiger partial charge in [0, 0.05) is 49.6 Å². The lowest BCUT2D eigenvalue weighted by Crippen LogP contribution is -2.44. The van der Waals surface area contributed by atoms with Gasteiger partial charge in [0.25, 0.3) is 0 Å². The zero-order valence-corrected chi connectivity index (χ0v) is 17.9. The second-order valence-electron chi connectivity index (χ2n) is 7.70. The number of imidazole rings is 1. The summed E-state index contributed by atoms with van der Waals surface area (Å²) in [6.07, 6.45) is 1.84. The molecular formula is C22H31N5O4. The van der Waals surface area contributed by atoms with E-state index >= 15 is 0 Å². The molecule has 0 radical (unpaired) electrons. The highest BCUT2D eigenvalue weighted by Crippen LogP contribution is 2.39. The van der Waals surface area contributed by atoms with Crippen LogP contribution < -0.4 is 16.0 Å². The van der Waals surface area contributed by atoms with E-state index in [1.165, 1.54) is 0 Å². The van der Waals surface area contributed by atoms with Gasteiger partial charge in [-0.1, -0.05) is 37.3 Å². The summed E-state index contributed by atoms with van der Waals surface area (Å²) in [4.78, 5) is 32.7. The summed E-state index contributed by atoms with van der Waals surface area (Å²) in [6, 6.07) is 8.91. The standard InChI is InChI=1S/C22H31N5O4/c1-3-9-24-22(30)27-16-12-15(21(29)23-10-11-31-2)19(28)18(16)17-13-25-20(26-17)14-7-5-4-6-8-14/h4-8,13,15-16,18-19,28H,3,9-12H2,1-2H3,(H,23,29)(H,25,26)(H2,24,27,30)/t15-,16+,18+,19+/m0/s1. The number of aliphatic hydroxyl groups excluding tert-OH is 1. The summed E-state index contributed by atoms with van der Waals surface area (Å²) in [7, 11) is 1.56. The molecule has 0 aliphatic heterocycles. The van der Waals surface area contributed by atoms with Gasteiger partial charge in [-0.25, -0.2) is 9.78 Å². The molecule has 1 aromatic heterocycles. The minimum absolute atomic E-state index is 0.254. The maximum absolute atomic E-state index is 12.7. The zero-order valence-electron chi connectivity index (χ0n) is 17.9. The number of benzene rings is 1. The van der Waals surface area contributed by atoms with Gasteiger partial charge in [0.1, 0.15) is 5.82 Å². The number of carbonyl (C=O) groups is 2. The van der Waals surface area contributed by atoms with Crippen molar-refractivity contribution < 1.29 is 19.4 Å². The van der Waals surface area contributed by atoms with E-state index in [-0.39, 0.29) is 11.9 Å². The Labute approximate surface area is 182 Å². The number of nitrogens with zero attached hydrogens (tertiary/aromatic N) is 1. The number of aromatic nitrogens is 2.